The number of nitrogens with two attached hydrogens (primary N) is 1. The van der Waals surface area contributed by atoms with Crippen LogP contribution in [0.5, 0.6) is 0 Å². The normalized spacial score (nSPS) is 36.8. The first-order valence-corrected chi connectivity index (χ1v) is 3.24. The molecule has 0 aromatic rings. The van der Waals surface area contributed by atoms with E-state index in [0.717, 1.165) is 6.42 Å². The first-order chi connectivity index (χ1) is 4.20. The predicted molar refractivity (Wildman–Crippen MR) is 36.3 cm³/mol. The highest BCUT2D eigenvalue weighted by atomic mass is 16.1. The topological polar surface area (TPSA) is 43.1 Å². The highest BCUT2D eigenvalue weighted by molar-refractivity contribution is 6.24. The smallest absolute Gasteiger partial charge is 0.127 e. The number of hydrogen-bond donors (Lipinski definition) is 1. The first-order valence-electron chi connectivity index (χ1n) is 3.24. The lowest BCUT2D eigenvalue weighted by atomic mass is 9.73. The number of carbonyl (C=O) groups excluding carboxylic acids is 1. The molecule has 2 nitrogen and oxygen atoms in total. The summed E-state index contributed by atoms with van der Waals surface area (Å²) in [5.74, 6) is -0.120. The second kappa shape index (κ2) is 2.52. The number of carbonyl (C=O) groups is 1. The zero-order valence-electron chi connectivity index (χ0n) is 5.34. The number of hydrogen-bond acceptors (Lipinski definition) is 2. The fraction of sp³-hybridized carbons (Fsp3) is 0.833. The van der Waals surface area contributed by atoms with Gasteiger partial charge in [-0.25, -0.2) is 0 Å². The lowest BCUT2D eigenvalue weighted by Gasteiger charge is -2.22. The van der Waals surface area contributed by atoms with Crippen molar-refractivity contribution in [2.45, 2.75) is 31.1 Å². The van der Waals surface area contributed by atoms with Crippen LogP contribution in [0.25, 0.3) is 0 Å². The van der Waals surface area contributed by atoms with Crippen LogP contribution in [0, 0.1) is 0 Å². The van der Waals surface area contributed by atoms with Crippen molar-refractivity contribution in [2.75, 3.05) is 0 Å². The molecule has 1 rings (SSSR count). The molecule has 1 aliphatic carbocycles. The highest BCUT2D eigenvalue weighted by Gasteiger charge is 2.21. The maximum Gasteiger partial charge on any atom is 0.127 e. The van der Waals surface area contributed by atoms with Gasteiger partial charge in [-0.2, -0.15) is 0 Å². The van der Waals surface area contributed by atoms with Gasteiger partial charge in [-0.1, -0.05) is 0 Å². The monoisotopic (exact) mass is 123 g/mol. The third-order valence-electron chi connectivity index (χ3n) is 1.73. The van der Waals surface area contributed by atoms with Crippen LogP contribution in [0.1, 0.15) is 19.3 Å². The minimum atomic E-state index is -0.284. The summed E-state index contributed by atoms with van der Waals surface area (Å²) in [6, 6.07) is 0.151. The zero-order chi connectivity index (χ0) is 6.85. The quantitative estimate of drug-likeness (QED) is 0.461. The van der Waals surface area contributed by atoms with Crippen molar-refractivity contribution in [3.05, 3.63) is 0 Å². The van der Waals surface area contributed by atoms with Gasteiger partial charge in [0.1, 0.15) is 5.78 Å². The predicted octanol–water partition coefficient (Wildman–Crippen LogP) is 0.0237. The van der Waals surface area contributed by atoms with E-state index in [0.29, 0.717) is 12.8 Å². The summed E-state index contributed by atoms with van der Waals surface area (Å²) in [5.41, 5.74) is 5.56. The molecule has 0 aliphatic heterocycles. The lowest BCUT2D eigenvalue weighted by molar-refractivity contribution is -0.120. The second-order valence-corrected chi connectivity index (χ2v) is 2.61. The van der Waals surface area contributed by atoms with Crippen molar-refractivity contribution in [1.29, 1.82) is 0 Å². The fourth-order valence-electron chi connectivity index (χ4n) is 1.09. The van der Waals surface area contributed by atoms with Gasteiger partial charge in [0.05, 0.1) is 7.85 Å². The molecule has 0 heterocycles. The number of Topliss-reactive ketones (excluding diaryl/α,β-unsaturated/α-hetero) is 1. The van der Waals surface area contributed by atoms with Crippen LogP contribution in [0.15, 0.2) is 0 Å². The Bertz CT molecular complexity index is 126. The van der Waals surface area contributed by atoms with Crippen molar-refractivity contribution in [3.63, 3.8) is 0 Å². The Morgan fingerprint density at radius 1 is 1.67 bits per heavy atom. The number of ketones is 1. The molecular weight excluding hydrogens is 113 g/mol. The van der Waals surface area contributed by atoms with Gasteiger partial charge in [-0.05, 0) is 18.7 Å². The molecule has 9 heavy (non-hydrogen) atoms. The van der Waals surface area contributed by atoms with E-state index in [4.69, 9.17) is 13.6 Å². The Morgan fingerprint density at radius 2 is 2.33 bits per heavy atom. The SMILES string of the molecule is [B]C1CC(N)CCC1=O. The molecular formula is C6H10BNO. The van der Waals surface area contributed by atoms with Crippen LogP contribution in [0.2, 0.25) is 5.82 Å². The maximum atomic E-state index is 10.8. The zero-order valence-corrected chi connectivity index (χ0v) is 5.34. The molecule has 0 aromatic heterocycles. The Labute approximate surface area is 56.2 Å². The van der Waals surface area contributed by atoms with Gasteiger partial charge >= 0.3 is 0 Å². The van der Waals surface area contributed by atoms with E-state index >= 15 is 0 Å². The van der Waals surface area contributed by atoms with Crippen molar-refractivity contribution in [3.8, 4) is 0 Å². The summed E-state index contributed by atoms with van der Waals surface area (Å²) in [7, 11) is 5.44. The van der Waals surface area contributed by atoms with Crippen LogP contribution < -0.4 is 5.73 Å². The van der Waals surface area contributed by atoms with Gasteiger partial charge in [0.25, 0.3) is 0 Å². The van der Waals surface area contributed by atoms with Gasteiger partial charge in [-0.15, -0.1) is 0 Å². The lowest BCUT2D eigenvalue weighted by Crippen LogP contribution is -2.30. The van der Waals surface area contributed by atoms with Crippen molar-refractivity contribution in [2.24, 2.45) is 5.73 Å². The average Bonchev–Trinajstić information content (AvgIpc) is 1.80. The average molecular weight is 123 g/mol. The molecule has 2 unspecified atom stereocenters. The van der Waals surface area contributed by atoms with Crippen LogP contribution in [0.4, 0.5) is 0 Å². The molecule has 2 atom stereocenters. The molecule has 3 heteroatoms. The molecule has 2 N–H and O–H groups in total. The van der Waals surface area contributed by atoms with Crippen molar-refractivity contribution < 1.29 is 4.79 Å². The second-order valence-electron chi connectivity index (χ2n) is 2.61. The molecule has 0 aromatic carbocycles. The van der Waals surface area contributed by atoms with Gasteiger partial charge in [-0.3, -0.25) is 0 Å². The number of rotatable bonds is 0. The standard InChI is InChI=1S/C6H10BNO/c7-5-3-4(8)1-2-6(5)9/h4-5H,1-3,8H2. The molecule has 0 amide bonds. The Morgan fingerprint density at radius 3 is 2.78 bits per heavy atom. The molecule has 0 saturated heterocycles. The minimum absolute atomic E-state index is 0.151. The van der Waals surface area contributed by atoms with Crippen LogP contribution >= 0.6 is 0 Å². The fourth-order valence-corrected chi connectivity index (χ4v) is 1.09. The van der Waals surface area contributed by atoms with E-state index in [1.54, 1.807) is 0 Å². The maximum absolute atomic E-state index is 10.8. The molecule has 0 spiro atoms. The molecule has 48 valence electrons. The van der Waals surface area contributed by atoms with E-state index < -0.39 is 0 Å². The largest absolute Gasteiger partial charge is 0.328 e. The molecule has 1 aliphatic rings. The third-order valence-corrected chi connectivity index (χ3v) is 1.73. The summed E-state index contributed by atoms with van der Waals surface area (Å²) in [5, 5.41) is 0. The summed E-state index contributed by atoms with van der Waals surface area (Å²) >= 11 is 0. The molecule has 0 bridgehead atoms. The van der Waals surface area contributed by atoms with E-state index in [2.05, 4.69) is 0 Å². The Kier molecular flexibility index (Phi) is 1.91. The van der Waals surface area contributed by atoms with Gasteiger partial charge in [0, 0.05) is 12.5 Å². The van der Waals surface area contributed by atoms with Crippen LogP contribution in [-0.4, -0.2) is 19.7 Å². The first kappa shape index (κ1) is 6.81. The van der Waals surface area contributed by atoms with E-state index in [1.165, 1.54) is 0 Å². The van der Waals surface area contributed by atoms with Gasteiger partial charge in [0.2, 0.25) is 0 Å². The van der Waals surface area contributed by atoms with Gasteiger partial charge in [0.15, 0.2) is 0 Å². The van der Waals surface area contributed by atoms with E-state index in [-0.39, 0.29) is 17.6 Å². The van der Waals surface area contributed by atoms with E-state index in [9.17, 15) is 4.79 Å². The van der Waals surface area contributed by atoms with Crippen molar-refractivity contribution >= 4 is 13.6 Å². The minimum Gasteiger partial charge on any atom is -0.328 e. The Hall–Kier alpha value is -0.305. The summed E-state index contributed by atoms with van der Waals surface area (Å²) in [4.78, 5) is 10.8. The van der Waals surface area contributed by atoms with Gasteiger partial charge < -0.3 is 10.5 Å². The summed E-state index contributed by atoms with van der Waals surface area (Å²) in [6.45, 7) is 0. The van der Waals surface area contributed by atoms with Crippen molar-refractivity contribution in [1.82, 2.24) is 0 Å². The third kappa shape index (κ3) is 1.55. The summed E-state index contributed by atoms with van der Waals surface area (Å²) in [6.07, 6.45) is 2.05. The van der Waals surface area contributed by atoms with Crippen LogP contribution in [0.3, 0.4) is 0 Å². The molecule has 1 fully saturated rings. The summed E-state index contributed by atoms with van der Waals surface area (Å²) < 4.78 is 0. The Balaban J connectivity index is 2.44. The molecule has 2 radical (unpaired) electrons. The highest BCUT2D eigenvalue weighted by Crippen LogP contribution is 2.21. The van der Waals surface area contributed by atoms with E-state index in [1.807, 2.05) is 0 Å². The molecule has 1 saturated carbocycles. The van der Waals surface area contributed by atoms with Crippen LogP contribution in [-0.2, 0) is 4.79 Å².